The Hall–Kier alpha value is -2.03. The van der Waals surface area contributed by atoms with Crippen LogP contribution >= 0.6 is 24.0 Å². The lowest BCUT2D eigenvalue weighted by Gasteiger charge is -2.22. The molecule has 6 nitrogen and oxygen atoms in total. The maximum Gasteiger partial charge on any atom is 0.213 e. The predicted octanol–water partition coefficient (Wildman–Crippen LogP) is 4.51. The summed E-state index contributed by atoms with van der Waals surface area (Å²) in [4.78, 5) is 11.2. The molecule has 1 fully saturated rings. The van der Waals surface area contributed by atoms with E-state index in [0.717, 1.165) is 31.0 Å². The standard InChI is InChI=1S/C23H33N5O.HI/c1-4-14-29-22-11-10-19(16-25-22)17-26-23(24-3)27-18(2)20-8-7-9-21(15-20)28-12-5-6-13-28;/h7-11,15-16,18H,4-6,12-14,17H2,1-3H3,(H2,24,26,27);1H. The summed E-state index contributed by atoms with van der Waals surface area (Å²) in [7, 11) is 1.79. The number of aromatic nitrogens is 1. The van der Waals surface area contributed by atoms with E-state index in [2.05, 4.69) is 63.6 Å². The molecule has 3 rings (SSSR count). The zero-order valence-electron chi connectivity index (χ0n) is 18.2. The lowest BCUT2D eigenvalue weighted by molar-refractivity contribution is 0.305. The molecule has 1 aliphatic heterocycles. The Labute approximate surface area is 197 Å². The Morgan fingerprint density at radius 1 is 1.23 bits per heavy atom. The Balaban J connectivity index is 0.00000320. The van der Waals surface area contributed by atoms with E-state index in [9.17, 15) is 0 Å². The molecule has 1 aliphatic rings. The fourth-order valence-electron chi connectivity index (χ4n) is 3.44. The maximum absolute atomic E-state index is 5.53. The second-order valence-electron chi connectivity index (χ2n) is 7.43. The van der Waals surface area contributed by atoms with E-state index in [1.54, 1.807) is 7.05 Å². The van der Waals surface area contributed by atoms with Crippen molar-refractivity contribution in [2.75, 3.05) is 31.6 Å². The number of ether oxygens (including phenoxy) is 1. The van der Waals surface area contributed by atoms with Gasteiger partial charge >= 0.3 is 0 Å². The highest BCUT2D eigenvalue weighted by molar-refractivity contribution is 14.0. The van der Waals surface area contributed by atoms with Gasteiger partial charge in [-0.15, -0.1) is 24.0 Å². The minimum absolute atomic E-state index is 0. The Morgan fingerprint density at radius 3 is 2.70 bits per heavy atom. The van der Waals surface area contributed by atoms with Crippen molar-refractivity contribution >= 4 is 35.6 Å². The summed E-state index contributed by atoms with van der Waals surface area (Å²) < 4.78 is 5.53. The van der Waals surface area contributed by atoms with E-state index in [4.69, 9.17) is 4.74 Å². The van der Waals surface area contributed by atoms with E-state index in [1.807, 2.05) is 18.3 Å². The molecule has 2 aromatic rings. The van der Waals surface area contributed by atoms with Gasteiger partial charge in [-0.3, -0.25) is 4.99 Å². The molecule has 0 saturated carbocycles. The van der Waals surface area contributed by atoms with Crippen LogP contribution in [-0.4, -0.2) is 37.7 Å². The average molecular weight is 523 g/mol. The zero-order valence-corrected chi connectivity index (χ0v) is 20.6. The number of anilines is 1. The molecule has 30 heavy (non-hydrogen) atoms. The molecule has 0 spiro atoms. The van der Waals surface area contributed by atoms with Crippen molar-refractivity contribution in [3.63, 3.8) is 0 Å². The Morgan fingerprint density at radius 2 is 2.03 bits per heavy atom. The molecule has 1 saturated heterocycles. The second kappa shape index (κ2) is 12.6. The molecule has 1 aromatic heterocycles. The summed E-state index contributed by atoms with van der Waals surface area (Å²) in [6.07, 6.45) is 5.39. The molecule has 0 amide bonds. The van der Waals surface area contributed by atoms with Crippen molar-refractivity contribution in [3.8, 4) is 5.88 Å². The number of nitrogens with one attached hydrogen (secondary N) is 2. The first-order valence-electron chi connectivity index (χ1n) is 10.6. The molecule has 164 valence electrons. The summed E-state index contributed by atoms with van der Waals surface area (Å²) in [5.41, 5.74) is 3.66. The van der Waals surface area contributed by atoms with Crippen LogP contribution in [0.25, 0.3) is 0 Å². The second-order valence-corrected chi connectivity index (χ2v) is 7.43. The van der Waals surface area contributed by atoms with Gasteiger partial charge in [-0.05, 0) is 49.4 Å². The van der Waals surface area contributed by atoms with Crippen molar-refractivity contribution in [2.45, 2.75) is 45.7 Å². The monoisotopic (exact) mass is 523 g/mol. The first-order chi connectivity index (χ1) is 14.2. The van der Waals surface area contributed by atoms with Crippen LogP contribution in [-0.2, 0) is 6.54 Å². The van der Waals surface area contributed by atoms with Gasteiger partial charge in [0.25, 0.3) is 0 Å². The fraction of sp³-hybridized carbons (Fsp3) is 0.478. The van der Waals surface area contributed by atoms with E-state index >= 15 is 0 Å². The first-order valence-corrected chi connectivity index (χ1v) is 10.6. The number of aliphatic imine (C=N–C) groups is 1. The van der Waals surface area contributed by atoms with Crippen molar-refractivity contribution in [1.29, 1.82) is 0 Å². The van der Waals surface area contributed by atoms with E-state index in [-0.39, 0.29) is 30.0 Å². The van der Waals surface area contributed by atoms with E-state index in [0.29, 0.717) is 19.0 Å². The maximum atomic E-state index is 5.53. The third-order valence-corrected chi connectivity index (χ3v) is 5.13. The largest absolute Gasteiger partial charge is 0.478 e. The van der Waals surface area contributed by atoms with Gasteiger partial charge in [0.15, 0.2) is 5.96 Å². The van der Waals surface area contributed by atoms with Crippen molar-refractivity contribution in [3.05, 3.63) is 53.7 Å². The summed E-state index contributed by atoms with van der Waals surface area (Å²) in [5.74, 6) is 1.44. The number of hydrogen-bond donors (Lipinski definition) is 2. The molecule has 1 aromatic carbocycles. The molecule has 0 aliphatic carbocycles. The van der Waals surface area contributed by atoms with Crippen LogP contribution in [0.15, 0.2) is 47.6 Å². The zero-order chi connectivity index (χ0) is 20.5. The van der Waals surface area contributed by atoms with Gasteiger partial charge in [0.2, 0.25) is 5.88 Å². The summed E-state index contributed by atoms with van der Waals surface area (Å²) in [6, 6.07) is 12.9. The normalized spacial score (nSPS) is 14.8. The van der Waals surface area contributed by atoms with Gasteiger partial charge in [0, 0.05) is 44.6 Å². The topological polar surface area (TPSA) is 61.8 Å². The minimum Gasteiger partial charge on any atom is -0.478 e. The van der Waals surface area contributed by atoms with Crippen LogP contribution in [0, 0.1) is 0 Å². The number of guanidine groups is 1. The fourth-order valence-corrected chi connectivity index (χ4v) is 3.44. The highest BCUT2D eigenvalue weighted by Gasteiger charge is 2.14. The first kappa shape index (κ1) is 24.2. The lowest BCUT2D eigenvalue weighted by atomic mass is 10.1. The van der Waals surface area contributed by atoms with Crippen molar-refractivity contribution in [1.82, 2.24) is 15.6 Å². The number of nitrogens with zero attached hydrogens (tertiary/aromatic N) is 3. The number of benzene rings is 1. The molecule has 1 atom stereocenters. The molecular formula is C23H34IN5O. The number of hydrogen-bond acceptors (Lipinski definition) is 4. The van der Waals surface area contributed by atoms with Gasteiger partial charge in [0.05, 0.1) is 12.6 Å². The van der Waals surface area contributed by atoms with Crippen LogP contribution in [0.1, 0.15) is 50.3 Å². The minimum atomic E-state index is 0. The highest BCUT2D eigenvalue weighted by atomic mass is 127. The van der Waals surface area contributed by atoms with Crippen molar-refractivity contribution in [2.24, 2.45) is 4.99 Å². The van der Waals surface area contributed by atoms with Gasteiger partial charge in [-0.2, -0.15) is 0 Å². The average Bonchev–Trinajstić information content (AvgIpc) is 3.31. The molecule has 0 radical (unpaired) electrons. The van der Waals surface area contributed by atoms with Gasteiger partial charge in [-0.25, -0.2) is 4.98 Å². The summed E-state index contributed by atoms with van der Waals surface area (Å²) >= 11 is 0. The van der Waals surface area contributed by atoms with E-state index < -0.39 is 0 Å². The summed E-state index contributed by atoms with van der Waals surface area (Å²) in [6.45, 7) is 7.91. The molecule has 1 unspecified atom stereocenters. The van der Waals surface area contributed by atoms with Crippen LogP contribution in [0.4, 0.5) is 5.69 Å². The lowest BCUT2D eigenvalue weighted by Crippen LogP contribution is -2.38. The molecule has 2 heterocycles. The summed E-state index contributed by atoms with van der Waals surface area (Å²) in [5, 5.41) is 6.85. The number of pyridine rings is 1. The Bertz CT molecular complexity index is 790. The molecular weight excluding hydrogens is 489 g/mol. The Kier molecular flexibility index (Phi) is 10.2. The molecule has 2 N–H and O–H groups in total. The SMILES string of the molecule is CCCOc1ccc(CNC(=NC)NC(C)c2cccc(N3CCCC3)c2)cn1.I. The van der Waals surface area contributed by atoms with Gasteiger partial charge in [0.1, 0.15) is 0 Å². The van der Waals surface area contributed by atoms with Crippen LogP contribution in [0.2, 0.25) is 0 Å². The molecule has 0 bridgehead atoms. The number of rotatable bonds is 8. The number of halogens is 1. The van der Waals surface area contributed by atoms with Gasteiger partial charge < -0.3 is 20.3 Å². The quantitative estimate of drug-likeness (QED) is 0.303. The predicted molar refractivity (Wildman–Crippen MR) is 135 cm³/mol. The van der Waals surface area contributed by atoms with Crippen LogP contribution in [0.3, 0.4) is 0 Å². The highest BCUT2D eigenvalue weighted by Crippen LogP contribution is 2.23. The smallest absolute Gasteiger partial charge is 0.213 e. The van der Waals surface area contributed by atoms with Crippen molar-refractivity contribution < 1.29 is 4.74 Å². The third kappa shape index (κ3) is 7.04. The van der Waals surface area contributed by atoms with Crippen LogP contribution in [0.5, 0.6) is 5.88 Å². The van der Waals surface area contributed by atoms with Crippen LogP contribution < -0.4 is 20.3 Å². The van der Waals surface area contributed by atoms with Gasteiger partial charge in [-0.1, -0.05) is 25.1 Å². The molecule has 7 heteroatoms. The van der Waals surface area contributed by atoms with E-state index in [1.165, 1.54) is 24.1 Å². The third-order valence-electron chi connectivity index (χ3n) is 5.13.